The number of allylic oxidation sites excluding steroid dienone is 1. The maximum atomic E-state index is 13.4. The molecule has 0 radical (unpaired) electrons. The molecule has 5 rings (SSSR count). The molecule has 0 saturated carbocycles. The number of carbonyl (C=O) groups excluding carboxylic acids is 1. The van der Waals surface area contributed by atoms with Gasteiger partial charge in [-0.3, -0.25) is 14.0 Å². The number of para-hydroxylation sites is 1. The molecular formula is C27H29N5O2S. The number of aromatic nitrogens is 4. The SMILES string of the molecule is Cc1ccc(-n2c(=O)c3ccccc3n3c(SC(C)C(=O)NCCC4=CCCCC4)nnc23)cc1. The van der Waals surface area contributed by atoms with Crippen LogP contribution in [0.5, 0.6) is 0 Å². The van der Waals surface area contributed by atoms with E-state index in [-0.39, 0.29) is 16.7 Å². The molecule has 0 fully saturated rings. The molecule has 0 saturated heterocycles. The summed E-state index contributed by atoms with van der Waals surface area (Å²) in [4.78, 5) is 26.2. The van der Waals surface area contributed by atoms with Crippen molar-refractivity contribution >= 4 is 34.3 Å². The minimum absolute atomic E-state index is 0.0284. The largest absolute Gasteiger partial charge is 0.355 e. The Labute approximate surface area is 208 Å². The van der Waals surface area contributed by atoms with Crippen LogP contribution < -0.4 is 10.9 Å². The lowest BCUT2D eigenvalue weighted by atomic mass is 9.97. The van der Waals surface area contributed by atoms with Gasteiger partial charge in [0.05, 0.1) is 21.8 Å². The molecule has 8 heteroatoms. The molecule has 4 aromatic rings. The van der Waals surface area contributed by atoms with Gasteiger partial charge < -0.3 is 5.32 Å². The molecule has 1 N–H and O–H groups in total. The monoisotopic (exact) mass is 487 g/mol. The van der Waals surface area contributed by atoms with Crippen LogP contribution in [0.4, 0.5) is 0 Å². The highest BCUT2D eigenvalue weighted by atomic mass is 32.2. The van der Waals surface area contributed by atoms with Crippen LogP contribution in [-0.4, -0.2) is 36.9 Å². The number of carbonyl (C=O) groups is 1. The predicted molar refractivity (Wildman–Crippen MR) is 140 cm³/mol. The van der Waals surface area contributed by atoms with Crippen LogP contribution in [-0.2, 0) is 4.79 Å². The van der Waals surface area contributed by atoms with E-state index in [9.17, 15) is 9.59 Å². The predicted octanol–water partition coefficient (Wildman–Crippen LogP) is 4.83. The Morgan fingerprint density at radius 2 is 1.91 bits per heavy atom. The number of thioether (sulfide) groups is 1. The number of rotatable bonds is 7. The van der Waals surface area contributed by atoms with Crippen molar-refractivity contribution < 1.29 is 4.79 Å². The van der Waals surface area contributed by atoms with Crippen molar-refractivity contribution in [2.24, 2.45) is 0 Å². The lowest BCUT2D eigenvalue weighted by Gasteiger charge is -2.15. The van der Waals surface area contributed by atoms with E-state index in [1.165, 1.54) is 30.2 Å². The fourth-order valence-corrected chi connectivity index (χ4v) is 5.39. The normalized spacial score (nSPS) is 14.7. The molecule has 180 valence electrons. The topological polar surface area (TPSA) is 81.3 Å². The van der Waals surface area contributed by atoms with Gasteiger partial charge in [-0.25, -0.2) is 4.57 Å². The molecular weight excluding hydrogens is 458 g/mol. The molecule has 2 aromatic carbocycles. The third-order valence-electron chi connectivity index (χ3n) is 6.47. The zero-order valence-corrected chi connectivity index (χ0v) is 20.8. The van der Waals surface area contributed by atoms with Gasteiger partial charge in [0.2, 0.25) is 11.7 Å². The second-order valence-corrected chi connectivity index (χ2v) is 10.3. The molecule has 1 aliphatic carbocycles. The first-order valence-electron chi connectivity index (χ1n) is 12.1. The van der Waals surface area contributed by atoms with Gasteiger partial charge in [0, 0.05) is 6.54 Å². The van der Waals surface area contributed by atoms with Crippen molar-refractivity contribution in [2.75, 3.05) is 6.54 Å². The molecule has 1 atom stereocenters. The van der Waals surface area contributed by atoms with E-state index in [4.69, 9.17) is 0 Å². The van der Waals surface area contributed by atoms with E-state index in [2.05, 4.69) is 21.6 Å². The summed E-state index contributed by atoms with van der Waals surface area (Å²) in [6.07, 6.45) is 8.02. The Morgan fingerprint density at radius 3 is 2.69 bits per heavy atom. The highest BCUT2D eigenvalue weighted by Gasteiger charge is 2.22. The number of hydrogen-bond acceptors (Lipinski definition) is 5. The first-order valence-corrected chi connectivity index (χ1v) is 13.0. The summed E-state index contributed by atoms with van der Waals surface area (Å²) in [7, 11) is 0. The third-order valence-corrected chi connectivity index (χ3v) is 7.51. The van der Waals surface area contributed by atoms with Crippen molar-refractivity contribution in [1.29, 1.82) is 0 Å². The summed E-state index contributed by atoms with van der Waals surface area (Å²) >= 11 is 1.35. The van der Waals surface area contributed by atoms with Crippen LogP contribution in [0.1, 0.15) is 44.6 Å². The number of aryl methyl sites for hydroxylation is 1. The minimum atomic E-state index is -0.360. The minimum Gasteiger partial charge on any atom is -0.355 e. The zero-order chi connectivity index (χ0) is 24.4. The first kappa shape index (κ1) is 23.4. The fraction of sp³-hybridized carbons (Fsp3) is 0.333. The van der Waals surface area contributed by atoms with E-state index in [0.717, 1.165) is 36.0 Å². The number of amides is 1. The summed E-state index contributed by atoms with van der Waals surface area (Å²) in [5, 5.41) is 12.6. The zero-order valence-electron chi connectivity index (χ0n) is 20.0. The average molecular weight is 488 g/mol. The molecule has 7 nitrogen and oxygen atoms in total. The summed E-state index contributed by atoms with van der Waals surface area (Å²) in [6.45, 7) is 4.53. The molecule has 0 spiro atoms. The van der Waals surface area contributed by atoms with Gasteiger partial charge in [0.1, 0.15) is 0 Å². The maximum Gasteiger partial charge on any atom is 0.267 e. The third kappa shape index (κ3) is 4.75. The summed E-state index contributed by atoms with van der Waals surface area (Å²) in [5.41, 5.74) is 3.85. The molecule has 0 bridgehead atoms. The smallest absolute Gasteiger partial charge is 0.267 e. The molecule has 2 aromatic heterocycles. The summed E-state index contributed by atoms with van der Waals surface area (Å²) in [6, 6.07) is 15.2. The standard InChI is InChI=1S/C27H29N5O2S/c1-18-12-14-21(15-13-18)31-25(34)22-10-6-7-11-23(22)32-26(31)29-30-27(32)35-19(2)24(33)28-17-16-20-8-4-3-5-9-20/h6-8,10-15,19H,3-5,9,16-17H2,1-2H3,(H,28,33). The number of hydrogen-bond donors (Lipinski definition) is 1. The highest BCUT2D eigenvalue weighted by Crippen LogP contribution is 2.26. The Balaban J connectivity index is 1.45. The second kappa shape index (κ2) is 10.1. The molecule has 1 unspecified atom stereocenters. The van der Waals surface area contributed by atoms with Gasteiger partial charge in [-0.05, 0) is 70.2 Å². The van der Waals surface area contributed by atoms with Crippen LogP contribution >= 0.6 is 11.8 Å². The van der Waals surface area contributed by atoms with Crippen LogP contribution in [0.3, 0.4) is 0 Å². The van der Waals surface area contributed by atoms with Crippen molar-refractivity contribution in [3.63, 3.8) is 0 Å². The van der Waals surface area contributed by atoms with Gasteiger partial charge >= 0.3 is 0 Å². The Morgan fingerprint density at radius 1 is 1.11 bits per heavy atom. The van der Waals surface area contributed by atoms with Crippen LogP contribution in [0.2, 0.25) is 0 Å². The van der Waals surface area contributed by atoms with E-state index in [1.54, 1.807) is 4.57 Å². The lowest BCUT2D eigenvalue weighted by molar-refractivity contribution is -0.120. The van der Waals surface area contributed by atoms with E-state index < -0.39 is 0 Å². The van der Waals surface area contributed by atoms with Gasteiger partial charge in [0.15, 0.2) is 5.16 Å². The highest BCUT2D eigenvalue weighted by molar-refractivity contribution is 8.00. The van der Waals surface area contributed by atoms with Gasteiger partial charge in [-0.2, -0.15) is 0 Å². The van der Waals surface area contributed by atoms with E-state index >= 15 is 0 Å². The lowest BCUT2D eigenvalue weighted by Crippen LogP contribution is -2.32. The fourth-order valence-electron chi connectivity index (χ4n) is 4.51. The number of benzene rings is 2. The van der Waals surface area contributed by atoms with E-state index in [0.29, 0.717) is 22.9 Å². The van der Waals surface area contributed by atoms with Crippen LogP contribution in [0, 0.1) is 6.92 Å². The van der Waals surface area contributed by atoms with Gasteiger partial charge in [-0.1, -0.05) is 53.2 Å². The van der Waals surface area contributed by atoms with E-state index in [1.807, 2.05) is 66.8 Å². The molecule has 35 heavy (non-hydrogen) atoms. The van der Waals surface area contributed by atoms with Gasteiger partial charge in [-0.15, -0.1) is 10.2 Å². The Kier molecular flexibility index (Phi) is 6.72. The number of nitrogens with one attached hydrogen (secondary N) is 1. The molecule has 2 heterocycles. The molecule has 0 aliphatic heterocycles. The van der Waals surface area contributed by atoms with Crippen molar-refractivity contribution in [3.8, 4) is 5.69 Å². The molecule has 1 aliphatic rings. The van der Waals surface area contributed by atoms with Crippen LogP contribution in [0.15, 0.2) is 70.1 Å². The Hall–Kier alpha value is -3.39. The Bertz CT molecular complexity index is 1470. The first-order chi connectivity index (χ1) is 17.0. The second-order valence-electron chi connectivity index (χ2n) is 9.02. The van der Waals surface area contributed by atoms with Gasteiger partial charge in [0.25, 0.3) is 5.56 Å². The number of fused-ring (bicyclic) bond motifs is 3. The summed E-state index contributed by atoms with van der Waals surface area (Å²) in [5.74, 6) is 0.399. The average Bonchev–Trinajstić information content (AvgIpc) is 3.29. The summed E-state index contributed by atoms with van der Waals surface area (Å²) < 4.78 is 3.46. The number of nitrogens with zero attached hydrogens (tertiary/aromatic N) is 4. The van der Waals surface area contributed by atoms with Crippen molar-refractivity contribution in [2.45, 2.75) is 56.4 Å². The van der Waals surface area contributed by atoms with Crippen LogP contribution in [0.25, 0.3) is 22.4 Å². The maximum absolute atomic E-state index is 13.4. The molecule has 1 amide bonds. The quantitative estimate of drug-likeness (QED) is 0.298. The van der Waals surface area contributed by atoms with Crippen molar-refractivity contribution in [1.82, 2.24) is 24.5 Å². The van der Waals surface area contributed by atoms with Crippen molar-refractivity contribution in [3.05, 3.63) is 76.1 Å².